The van der Waals surface area contributed by atoms with Gasteiger partial charge in [0.15, 0.2) is 8.32 Å². The maximum Gasteiger partial charge on any atom is 0.192 e. The predicted octanol–water partition coefficient (Wildman–Crippen LogP) is 4.73. The molecule has 0 aromatic heterocycles. The lowest BCUT2D eigenvalue weighted by atomic mass is 10.2. The van der Waals surface area contributed by atoms with Crippen LogP contribution in [0.1, 0.15) is 26.3 Å². The number of rotatable bonds is 5. The van der Waals surface area contributed by atoms with Gasteiger partial charge in [-0.25, -0.2) is 0 Å². The number of hydrogen-bond acceptors (Lipinski definition) is 2. The fourth-order valence-electron chi connectivity index (χ4n) is 1.37. The molecule has 1 rings (SSSR count). The van der Waals surface area contributed by atoms with E-state index in [1.54, 1.807) is 7.11 Å². The highest BCUT2D eigenvalue weighted by Gasteiger charge is 2.36. The summed E-state index contributed by atoms with van der Waals surface area (Å²) < 4.78 is 11.2. The standard InChI is InChI=1S/C16H26O2Si/c1-16(2,3)19(5,6)18-13-7-8-14-9-11-15(17-4)12-10-14/h7-12H,13H2,1-6H3. The zero-order valence-electron chi connectivity index (χ0n) is 13.0. The average molecular weight is 278 g/mol. The lowest BCUT2D eigenvalue weighted by Gasteiger charge is -2.35. The summed E-state index contributed by atoms with van der Waals surface area (Å²) in [4.78, 5) is 0. The van der Waals surface area contributed by atoms with E-state index >= 15 is 0 Å². The van der Waals surface area contributed by atoms with Gasteiger partial charge in [-0.05, 0) is 35.8 Å². The molecule has 19 heavy (non-hydrogen) atoms. The van der Waals surface area contributed by atoms with Crippen molar-refractivity contribution in [3.05, 3.63) is 35.9 Å². The zero-order valence-corrected chi connectivity index (χ0v) is 14.0. The van der Waals surface area contributed by atoms with Gasteiger partial charge in [0.1, 0.15) is 5.75 Å². The van der Waals surface area contributed by atoms with Crippen LogP contribution in [0.25, 0.3) is 6.08 Å². The van der Waals surface area contributed by atoms with Crippen molar-refractivity contribution in [2.45, 2.75) is 38.9 Å². The van der Waals surface area contributed by atoms with Gasteiger partial charge in [0.05, 0.1) is 13.7 Å². The molecule has 0 bridgehead atoms. The van der Waals surface area contributed by atoms with Gasteiger partial charge in [-0.15, -0.1) is 0 Å². The highest BCUT2D eigenvalue weighted by molar-refractivity contribution is 6.74. The van der Waals surface area contributed by atoms with Gasteiger partial charge in [-0.1, -0.05) is 45.1 Å². The SMILES string of the molecule is COc1ccc(C=CCO[Si](C)(C)C(C)(C)C)cc1. The van der Waals surface area contributed by atoms with Crippen LogP contribution >= 0.6 is 0 Å². The molecule has 0 saturated heterocycles. The van der Waals surface area contributed by atoms with Crippen molar-refractivity contribution in [3.63, 3.8) is 0 Å². The fraction of sp³-hybridized carbons (Fsp3) is 0.500. The van der Waals surface area contributed by atoms with Crippen LogP contribution in [0.5, 0.6) is 5.75 Å². The molecule has 0 aliphatic heterocycles. The topological polar surface area (TPSA) is 18.5 Å². The highest BCUT2D eigenvalue weighted by Crippen LogP contribution is 2.36. The molecule has 0 aliphatic rings. The molecule has 0 heterocycles. The first-order chi connectivity index (χ1) is 8.76. The summed E-state index contributed by atoms with van der Waals surface area (Å²) in [6.45, 7) is 12.0. The van der Waals surface area contributed by atoms with Crippen molar-refractivity contribution in [3.8, 4) is 5.75 Å². The highest BCUT2D eigenvalue weighted by atomic mass is 28.4. The molecular weight excluding hydrogens is 252 g/mol. The molecule has 0 unspecified atom stereocenters. The van der Waals surface area contributed by atoms with Gasteiger partial charge in [-0.3, -0.25) is 0 Å². The Morgan fingerprint density at radius 1 is 1.11 bits per heavy atom. The van der Waals surface area contributed by atoms with Crippen LogP contribution in [-0.2, 0) is 4.43 Å². The number of benzene rings is 1. The minimum absolute atomic E-state index is 0.265. The molecular formula is C16H26O2Si. The minimum atomic E-state index is -1.63. The smallest absolute Gasteiger partial charge is 0.192 e. The Morgan fingerprint density at radius 3 is 2.16 bits per heavy atom. The van der Waals surface area contributed by atoms with Crippen LogP contribution in [0.2, 0.25) is 18.1 Å². The van der Waals surface area contributed by atoms with E-state index < -0.39 is 8.32 Å². The number of hydrogen-bond donors (Lipinski definition) is 0. The van der Waals surface area contributed by atoms with E-state index in [0.717, 1.165) is 5.75 Å². The Labute approximate surface area is 118 Å². The predicted molar refractivity (Wildman–Crippen MR) is 85.2 cm³/mol. The monoisotopic (exact) mass is 278 g/mol. The van der Waals surface area contributed by atoms with Crippen LogP contribution < -0.4 is 4.74 Å². The Balaban J connectivity index is 2.50. The minimum Gasteiger partial charge on any atom is -0.497 e. The van der Waals surface area contributed by atoms with E-state index in [1.165, 1.54) is 5.56 Å². The Hall–Kier alpha value is -1.06. The number of methoxy groups -OCH3 is 1. The first-order valence-corrected chi connectivity index (χ1v) is 9.62. The molecule has 1 aromatic carbocycles. The fourth-order valence-corrected chi connectivity index (χ4v) is 2.32. The van der Waals surface area contributed by atoms with Gasteiger partial charge in [0.2, 0.25) is 0 Å². The van der Waals surface area contributed by atoms with Crippen LogP contribution in [0, 0.1) is 0 Å². The molecule has 0 atom stereocenters. The van der Waals surface area contributed by atoms with Gasteiger partial charge in [0.25, 0.3) is 0 Å². The third-order valence-electron chi connectivity index (χ3n) is 3.77. The van der Waals surface area contributed by atoms with Crippen molar-refractivity contribution in [2.24, 2.45) is 0 Å². The average Bonchev–Trinajstić information content (AvgIpc) is 2.34. The summed E-state index contributed by atoms with van der Waals surface area (Å²) in [6.07, 6.45) is 4.18. The lowest BCUT2D eigenvalue weighted by molar-refractivity contribution is 0.328. The van der Waals surface area contributed by atoms with Crippen molar-refractivity contribution in [1.82, 2.24) is 0 Å². The van der Waals surface area contributed by atoms with Crippen molar-refractivity contribution in [2.75, 3.05) is 13.7 Å². The van der Waals surface area contributed by atoms with E-state index in [1.807, 2.05) is 24.3 Å². The summed E-state index contributed by atoms with van der Waals surface area (Å²) in [5.41, 5.74) is 1.17. The summed E-state index contributed by atoms with van der Waals surface area (Å²) in [5, 5.41) is 0.265. The quantitative estimate of drug-likeness (QED) is 0.725. The molecule has 0 saturated carbocycles. The summed E-state index contributed by atoms with van der Waals surface area (Å²) in [5.74, 6) is 0.884. The van der Waals surface area contributed by atoms with Crippen molar-refractivity contribution >= 4 is 14.4 Å². The second-order valence-electron chi connectivity index (χ2n) is 6.25. The van der Waals surface area contributed by atoms with E-state index in [-0.39, 0.29) is 5.04 Å². The van der Waals surface area contributed by atoms with Crippen LogP contribution in [0.3, 0.4) is 0 Å². The lowest BCUT2D eigenvalue weighted by Crippen LogP contribution is -2.40. The zero-order chi connectivity index (χ0) is 14.5. The molecule has 0 amide bonds. The van der Waals surface area contributed by atoms with E-state index in [0.29, 0.717) is 6.61 Å². The molecule has 1 aromatic rings. The van der Waals surface area contributed by atoms with Crippen LogP contribution in [0.4, 0.5) is 0 Å². The molecule has 0 N–H and O–H groups in total. The Morgan fingerprint density at radius 2 is 1.68 bits per heavy atom. The third-order valence-corrected chi connectivity index (χ3v) is 8.27. The van der Waals surface area contributed by atoms with Crippen molar-refractivity contribution in [1.29, 1.82) is 0 Å². The second-order valence-corrected chi connectivity index (χ2v) is 11.1. The maximum atomic E-state index is 6.09. The third kappa shape index (κ3) is 4.84. The molecule has 0 spiro atoms. The molecule has 0 fully saturated rings. The van der Waals surface area contributed by atoms with Crippen molar-refractivity contribution < 1.29 is 9.16 Å². The molecule has 2 nitrogen and oxygen atoms in total. The van der Waals surface area contributed by atoms with Gasteiger partial charge < -0.3 is 9.16 Å². The summed E-state index contributed by atoms with van der Waals surface area (Å²) in [7, 11) is 0.0494. The largest absolute Gasteiger partial charge is 0.497 e. The van der Waals surface area contributed by atoms with Gasteiger partial charge in [-0.2, -0.15) is 0 Å². The first kappa shape index (κ1) is 16.0. The van der Waals surface area contributed by atoms with E-state index in [4.69, 9.17) is 9.16 Å². The van der Waals surface area contributed by atoms with Crippen LogP contribution in [0.15, 0.2) is 30.3 Å². The molecule has 0 aliphatic carbocycles. The summed E-state index contributed by atoms with van der Waals surface area (Å²) in [6, 6.07) is 8.02. The molecule has 3 heteroatoms. The first-order valence-electron chi connectivity index (χ1n) is 6.71. The summed E-state index contributed by atoms with van der Waals surface area (Å²) >= 11 is 0. The Bertz CT molecular complexity index is 413. The molecule has 0 radical (unpaired) electrons. The normalized spacial score (nSPS) is 12.9. The van der Waals surface area contributed by atoms with Crippen LogP contribution in [-0.4, -0.2) is 22.0 Å². The van der Waals surface area contributed by atoms with E-state index in [2.05, 4.69) is 46.0 Å². The number of ether oxygens (including phenoxy) is 1. The van der Waals surface area contributed by atoms with Gasteiger partial charge >= 0.3 is 0 Å². The Kier molecular flexibility index (Phi) is 5.38. The van der Waals surface area contributed by atoms with E-state index in [9.17, 15) is 0 Å². The molecule has 106 valence electrons. The second kappa shape index (κ2) is 6.39. The maximum absolute atomic E-state index is 6.09. The van der Waals surface area contributed by atoms with Gasteiger partial charge in [0, 0.05) is 0 Å².